The van der Waals surface area contributed by atoms with Gasteiger partial charge >= 0.3 is 0 Å². The Morgan fingerprint density at radius 3 is 2.64 bits per heavy atom. The maximum atomic E-state index is 13.1. The van der Waals surface area contributed by atoms with Crippen molar-refractivity contribution in [2.45, 2.75) is 16.6 Å². The first-order valence-corrected chi connectivity index (χ1v) is 10.8. The van der Waals surface area contributed by atoms with Crippen molar-refractivity contribution < 1.29 is 12.8 Å². The van der Waals surface area contributed by atoms with Crippen LogP contribution in [0, 0.1) is 0 Å². The van der Waals surface area contributed by atoms with Crippen molar-refractivity contribution in [2.75, 3.05) is 18.8 Å². The zero-order valence-electron chi connectivity index (χ0n) is 13.7. The molecule has 6 heteroatoms. The van der Waals surface area contributed by atoms with Gasteiger partial charge < -0.3 is 4.42 Å². The van der Waals surface area contributed by atoms with Crippen molar-refractivity contribution in [3.8, 4) is 0 Å². The second-order valence-electron chi connectivity index (χ2n) is 6.08. The van der Waals surface area contributed by atoms with Crippen molar-refractivity contribution in [3.63, 3.8) is 0 Å². The summed E-state index contributed by atoms with van der Waals surface area (Å²) in [5, 5.41) is 2.21. The Bertz CT molecular complexity index is 967. The van der Waals surface area contributed by atoms with Crippen LogP contribution in [0.1, 0.15) is 17.4 Å². The molecule has 25 heavy (non-hydrogen) atoms. The van der Waals surface area contributed by atoms with Crippen LogP contribution in [0.3, 0.4) is 0 Å². The van der Waals surface area contributed by atoms with Gasteiger partial charge in [0.25, 0.3) is 0 Å². The first-order chi connectivity index (χ1) is 12.1. The van der Waals surface area contributed by atoms with E-state index in [9.17, 15) is 8.42 Å². The lowest BCUT2D eigenvalue weighted by atomic mass is 10.1. The quantitative estimate of drug-likeness (QED) is 0.687. The summed E-state index contributed by atoms with van der Waals surface area (Å²) in [4.78, 5) is 0.368. The molecule has 4 nitrogen and oxygen atoms in total. The molecule has 0 aliphatic carbocycles. The van der Waals surface area contributed by atoms with Gasteiger partial charge in [0.05, 0.1) is 16.4 Å². The molecule has 1 unspecified atom stereocenters. The average Bonchev–Trinajstić information content (AvgIpc) is 3.05. The van der Waals surface area contributed by atoms with E-state index in [-0.39, 0.29) is 5.25 Å². The Morgan fingerprint density at radius 1 is 1.00 bits per heavy atom. The van der Waals surface area contributed by atoms with Crippen LogP contribution in [0.2, 0.25) is 0 Å². The van der Waals surface area contributed by atoms with E-state index in [1.165, 1.54) is 0 Å². The molecule has 0 saturated carbocycles. The number of hydrogen-bond donors (Lipinski definition) is 0. The lowest BCUT2D eigenvalue weighted by Crippen LogP contribution is -2.33. The maximum absolute atomic E-state index is 13.1. The molecule has 130 valence electrons. The minimum absolute atomic E-state index is 0.215. The Kier molecular flexibility index (Phi) is 4.58. The van der Waals surface area contributed by atoms with Crippen LogP contribution in [-0.2, 0) is 10.0 Å². The van der Waals surface area contributed by atoms with Gasteiger partial charge in [-0.25, -0.2) is 8.42 Å². The number of fused-ring (bicyclic) bond motifs is 1. The molecule has 0 bridgehead atoms. The zero-order chi connectivity index (χ0) is 17.3. The Labute approximate surface area is 151 Å². The molecule has 0 amide bonds. The standard InChI is InChI=1S/C19H19NO3S2/c21-25(22,17-8-7-15-4-1-2-5-16(15)14-17)20-10-9-19(24-13-11-20)18-6-3-12-23-18/h1-8,12,14,19H,9-11,13H2. The normalized spacial score (nSPS) is 19.8. The van der Waals surface area contributed by atoms with Crippen LogP contribution < -0.4 is 0 Å². The minimum atomic E-state index is -3.48. The highest BCUT2D eigenvalue weighted by molar-refractivity contribution is 7.99. The van der Waals surface area contributed by atoms with Crippen molar-refractivity contribution >= 4 is 32.6 Å². The van der Waals surface area contributed by atoms with Gasteiger partial charge in [0, 0.05) is 18.8 Å². The number of sulfonamides is 1. The van der Waals surface area contributed by atoms with Crippen LogP contribution >= 0.6 is 11.8 Å². The lowest BCUT2D eigenvalue weighted by molar-refractivity contribution is 0.417. The fourth-order valence-corrected chi connectivity index (χ4v) is 5.96. The Morgan fingerprint density at radius 2 is 1.84 bits per heavy atom. The molecular weight excluding hydrogens is 354 g/mol. The molecule has 1 aromatic heterocycles. The molecule has 2 heterocycles. The van der Waals surface area contributed by atoms with Gasteiger partial charge in [0.1, 0.15) is 5.76 Å². The van der Waals surface area contributed by atoms with E-state index >= 15 is 0 Å². The molecule has 4 rings (SSSR count). The third kappa shape index (κ3) is 3.34. The van der Waals surface area contributed by atoms with E-state index in [1.807, 2.05) is 42.5 Å². The molecule has 1 atom stereocenters. The number of hydrogen-bond acceptors (Lipinski definition) is 4. The third-order valence-corrected chi connectivity index (χ3v) is 7.70. The highest BCUT2D eigenvalue weighted by Crippen LogP contribution is 2.35. The van der Waals surface area contributed by atoms with Gasteiger partial charge in [-0.05, 0) is 41.5 Å². The van der Waals surface area contributed by atoms with E-state index in [2.05, 4.69) is 0 Å². The molecule has 0 N–H and O–H groups in total. The largest absolute Gasteiger partial charge is 0.468 e. The molecule has 0 spiro atoms. The molecule has 1 saturated heterocycles. The smallest absolute Gasteiger partial charge is 0.243 e. The summed E-state index contributed by atoms with van der Waals surface area (Å²) in [6, 6.07) is 17.0. The number of rotatable bonds is 3. The van der Waals surface area contributed by atoms with E-state index in [0.717, 1.165) is 28.7 Å². The van der Waals surface area contributed by atoms with Crippen molar-refractivity contribution in [1.82, 2.24) is 4.31 Å². The Balaban J connectivity index is 1.58. The van der Waals surface area contributed by atoms with Gasteiger partial charge in [0.2, 0.25) is 10.0 Å². The summed E-state index contributed by atoms with van der Waals surface area (Å²) in [5.41, 5.74) is 0. The lowest BCUT2D eigenvalue weighted by Gasteiger charge is -2.20. The molecular formula is C19H19NO3S2. The number of thioether (sulfide) groups is 1. The van der Waals surface area contributed by atoms with Crippen LogP contribution in [-0.4, -0.2) is 31.6 Å². The molecule has 1 aliphatic rings. The van der Waals surface area contributed by atoms with Crippen LogP contribution in [0.15, 0.2) is 70.2 Å². The predicted molar refractivity (Wildman–Crippen MR) is 101 cm³/mol. The van der Waals surface area contributed by atoms with Crippen LogP contribution in [0.4, 0.5) is 0 Å². The zero-order valence-corrected chi connectivity index (χ0v) is 15.3. The van der Waals surface area contributed by atoms with E-state index in [4.69, 9.17) is 4.42 Å². The van der Waals surface area contributed by atoms with Gasteiger partial charge in [-0.15, -0.1) is 11.8 Å². The molecule has 3 aromatic rings. The summed E-state index contributed by atoms with van der Waals surface area (Å²) in [7, 11) is -3.48. The highest BCUT2D eigenvalue weighted by Gasteiger charge is 2.29. The van der Waals surface area contributed by atoms with E-state index < -0.39 is 10.0 Å². The second kappa shape index (κ2) is 6.86. The first kappa shape index (κ1) is 16.7. The third-order valence-electron chi connectivity index (χ3n) is 4.52. The van der Waals surface area contributed by atoms with Crippen molar-refractivity contribution in [2.24, 2.45) is 0 Å². The van der Waals surface area contributed by atoms with Crippen LogP contribution in [0.5, 0.6) is 0 Å². The first-order valence-electron chi connectivity index (χ1n) is 8.28. The SMILES string of the molecule is O=S(=O)(c1ccc2ccccc2c1)N1CCSC(c2ccco2)CC1. The van der Waals surface area contributed by atoms with Gasteiger partial charge in [0.15, 0.2) is 0 Å². The van der Waals surface area contributed by atoms with Gasteiger partial charge in [-0.3, -0.25) is 0 Å². The van der Waals surface area contributed by atoms with Gasteiger partial charge in [-0.2, -0.15) is 4.31 Å². The minimum Gasteiger partial charge on any atom is -0.468 e. The van der Waals surface area contributed by atoms with Gasteiger partial charge in [-0.1, -0.05) is 30.3 Å². The highest BCUT2D eigenvalue weighted by atomic mass is 32.2. The Hall–Kier alpha value is -1.76. The summed E-state index contributed by atoms with van der Waals surface area (Å²) in [5.74, 6) is 1.69. The van der Waals surface area contributed by atoms with Crippen LogP contribution in [0.25, 0.3) is 10.8 Å². The second-order valence-corrected chi connectivity index (χ2v) is 9.33. The number of nitrogens with zero attached hydrogens (tertiary/aromatic N) is 1. The monoisotopic (exact) mass is 373 g/mol. The topological polar surface area (TPSA) is 50.5 Å². The summed E-state index contributed by atoms with van der Waals surface area (Å²) in [6.45, 7) is 1.03. The summed E-state index contributed by atoms with van der Waals surface area (Å²) < 4.78 is 33.2. The number of benzene rings is 2. The van der Waals surface area contributed by atoms with Crippen molar-refractivity contribution in [1.29, 1.82) is 0 Å². The molecule has 0 radical (unpaired) electrons. The summed E-state index contributed by atoms with van der Waals surface area (Å²) >= 11 is 1.76. The maximum Gasteiger partial charge on any atom is 0.243 e. The molecule has 2 aromatic carbocycles. The fraction of sp³-hybridized carbons (Fsp3) is 0.263. The van der Waals surface area contributed by atoms with E-state index in [1.54, 1.807) is 34.5 Å². The molecule has 1 aliphatic heterocycles. The fourth-order valence-electron chi connectivity index (χ4n) is 3.17. The van der Waals surface area contributed by atoms with Crippen molar-refractivity contribution in [3.05, 3.63) is 66.6 Å². The predicted octanol–water partition coefficient (Wildman–Crippen LogP) is 4.30. The molecule has 1 fully saturated rings. The average molecular weight is 373 g/mol. The van der Waals surface area contributed by atoms with E-state index in [0.29, 0.717) is 18.0 Å². The number of furan rings is 1. The summed E-state index contributed by atoms with van der Waals surface area (Å²) in [6.07, 6.45) is 2.43.